The minimum atomic E-state index is -0.477. The van der Waals surface area contributed by atoms with Gasteiger partial charge < -0.3 is 15.4 Å². The molecule has 0 bridgehead atoms. The van der Waals surface area contributed by atoms with Crippen molar-refractivity contribution in [3.05, 3.63) is 0 Å². The molecule has 0 aromatic heterocycles. The molecule has 2 amide bonds. The smallest absolute Gasteiger partial charge is 0.236 e. The molecular formula is C9H17N3O3. The monoisotopic (exact) mass is 215 g/mol. The van der Waals surface area contributed by atoms with Crippen molar-refractivity contribution in [2.45, 2.75) is 13.0 Å². The van der Waals surface area contributed by atoms with Crippen molar-refractivity contribution in [2.24, 2.45) is 5.73 Å². The number of ether oxygens (including phenoxy) is 1. The number of primary amides is 1. The van der Waals surface area contributed by atoms with Crippen LogP contribution in [-0.2, 0) is 14.3 Å². The number of hydrogen-bond acceptors (Lipinski definition) is 4. The van der Waals surface area contributed by atoms with Crippen LogP contribution in [0.1, 0.15) is 6.92 Å². The third kappa shape index (κ3) is 3.85. The first-order valence-electron chi connectivity index (χ1n) is 4.99. The summed E-state index contributed by atoms with van der Waals surface area (Å²) in [7, 11) is 0. The Morgan fingerprint density at radius 1 is 1.47 bits per heavy atom. The minimum absolute atomic E-state index is 0.0219. The molecule has 1 aliphatic heterocycles. The number of nitrogens with zero attached hydrogens (tertiary/aromatic N) is 1. The number of carbonyl (C=O) groups is 2. The quantitative estimate of drug-likeness (QED) is 0.586. The molecule has 1 fully saturated rings. The van der Waals surface area contributed by atoms with Gasteiger partial charge in [-0.2, -0.15) is 0 Å². The second kappa shape index (κ2) is 5.67. The van der Waals surface area contributed by atoms with Gasteiger partial charge in [0.25, 0.3) is 0 Å². The molecule has 15 heavy (non-hydrogen) atoms. The van der Waals surface area contributed by atoms with E-state index in [-0.39, 0.29) is 12.5 Å². The Morgan fingerprint density at radius 2 is 2.07 bits per heavy atom. The van der Waals surface area contributed by atoms with E-state index in [0.29, 0.717) is 26.3 Å². The molecular weight excluding hydrogens is 198 g/mol. The maximum absolute atomic E-state index is 11.6. The van der Waals surface area contributed by atoms with E-state index in [1.807, 2.05) is 0 Å². The second-order valence-corrected chi connectivity index (χ2v) is 3.50. The lowest BCUT2D eigenvalue weighted by Crippen LogP contribution is -2.48. The van der Waals surface area contributed by atoms with Crippen LogP contribution in [0.3, 0.4) is 0 Å². The van der Waals surface area contributed by atoms with Crippen molar-refractivity contribution in [3.63, 3.8) is 0 Å². The van der Waals surface area contributed by atoms with E-state index in [0.717, 1.165) is 0 Å². The van der Waals surface area contributed by atoms with Crippen molar-refractivity contribution < 1.29 is 14.3 Å². The van der Waals surface area contributed by atoms with Crippen molar-refractivity contribution in [1.82, 2.24) is 10.2 Å². The second-order valence-electron chi connectivity index (χ2n) is 3.50. The lowest BCUT2D eigenvalue weighted by molar-refractivity contribution is -0.134. The standard InChI is InChI=1S/C9H17N3O3/c1-7(9(10)14)11-6-8(13)12-2-4-15-5-3-12/h7,11H,2-6H2,1H3,(H2,10,14). The molecule has 0 aromatic carbocycles. The Balaban J connectivity index is 2.25. The normalized spacial score (nSPS) is 18.6. The van der Waals surface area contributed by atoms with Crippen molar-refractivity contribution >= 4 is 11.8 Å². The summed E-state index contributed by atoms with van der Waals surface area (Å²) in [4.78, 5) is 24.0. The Bertz CT molecular complexity index is 239. The van der Waals surface area contributed by atoms with E-state index in [2.05, 4.69) is 5.32 Å². The average Bonchev–Trinajstić information content (AvgIpc) is 2.26. The van der Waals surface area contributed by atoms with E-state index in [9.17, 15) is 9.59 Å². The maximum atomic E-state index is 11.6. The molecule has 1 aliphatic rings. The number of amides is 2. The molecule has 1 heterocycles. The van der Waals surface area contributed by atoms with Gasteiger partial charge in [0.1, 0.15) is 0 Å². The van der Waals surface area contributed by atoms with Gasteiger partial charge in [0.15, 0.2) is 0 Å². The van der Waals surface area contributed by atoms with Gasteiger partial charge >= 0.3 is 0 Å². The minimum Gasteiger partial charge on any atom is -0.378 e. The van der Waals surface area contributed by atoms with Gasteiger partial charge in [0.2, 0.25) is 11.8 Å². The largest absolute Gasteiger partial charge is 0.378 e. The molecule has 6 heteroatoms. The van der Waals surface area contributed by atoms with Crippen LogP contribution >= 0.6 is 0 Å². The predicted molar refractivity (Wildman–Crippen MR) is 54.1 cm³/mol. The van der Waals surface area contributed by atoms with Gasteiger partial charge in [0, 0.05) is 13.1 Å². The Labute approximate surface area is 88.7 Å². The molecule has 0 aliphatic carbocycles. The van der Waals surface area contributed by atoms with Crippen LogP contribution in [0.25, 0.3) is 0 Å². The lowest BCUT2D eigenvalue weighted by atomic mass is 10.3. The molecule has 1 unspecified atom stereocenters. The summed E-state index contributed by atoms with van der Waals surface area (Å²) in [5.74, 6) is -0.476. The molecule has 6 nitrogen and oxygen atoms in total. The third-order valence-corrected chi connectivity index (χ3v) is 2.35. The topological polar surface area (TPSA) is 84.7 Å². The summed E-state index contributed by atoms with van der Waals surface area (Å²) < 4.78 is 5.13. The summed E-state index contributed by atoms with van der Waals surface area (Å²) in [6, 6.07) is -0.477. The molecule has 1 atom stereocenters. The van der Waals surface area contributed by atoms with E-state index in [1.165, 1.54) is 0 Å². The summed E-state index contributed by atoms with van der Waals surface area (Å²) in [6.07, 6.45) is 0. The molecule has 86 valence electrons. The third-order valence-electron chi connectivity index (χ3n) is 2.35. The molecule has 0 aromatic rings. The fraction of sp³-hybridized carbons (Fsp3) is 0.778. The molecule has 3 N–H and O–H groups in total. The van der Waals surface area contributed by atoms with E-state index in [4.69, 9.17) is 10.5 Å². The van der Waals surface area contributed by atoms with Crippen LogP contribution in [0.15, 0.2) is 0 Å². The SMILES string of the molecule is CC(NCC(=O)N1CCOCC1)C(N)=O. The summed E-state index contributed by atoms with van der Waals surface area (Å²) >= 11 is 0. The van der Waals surface area contributed by atoms with Gasteiger partial charge in [-0.05, 0) is 6.92 Å². The average molecular weight is 215 g/mol. The van der Waals surface area contributed by atoms with Crippen LogP contribution in [0.5, 0.6) is 0 Å². The van der Waals surface area contributed by atoms with E-state index >= 15 is 0 Å². The number of rotatable bonds is 4. The molecule has 0 spiro atoms. The highest BCUT2D eigenvalue weighted by Crippen LogP contribution is 1.96. The number of morpholine rings is 1. The molecule has 0 radical (unpaired) electrons. The van der Waals surface area contributed by atoms with Gasteiger partial charge in [0.05, 0.1) is 25.8 Å². The van der Waals surface area contributed by atoms with Crippen molar-refractivity contribution in [1.29, 1.82) is 0 Å². The molecule has 1 rings (SSSR count). The lowest BCUT2D eigenvalue weighted by Gasteiger charge is -2.27. The Hall–Kier alpha value is -1.14. The first kappa shape index (κ1) is 11.9. The Morgan fingerprint density at radius 3 is 2.60 bits per heavy atom. The number of nitrogens with two attached hydrogens (primary N) is 1. The number of carbonyl (C=O) groups excluding carboxylic acids is 2. The zero-order valence-corrected chi connectivity index (χ0v) is 8.86. The summed E-state index contributed by atoms with van der Waals surface area (Å²) in [6.45, 7) is 4.17. The zero-order valence-electron chi connectivity index (χ0n) is 8.86. The van der Waals surface area contributed by atoms with Crippen LogP contribution in [0, 0.1) is 0 Å². The number of nitrogens with one attached hydrogen (secondary N) is 1. The number of hydrogen-bond donors (Lipinski definition) is 2. The van der Waals surface area contributed by atoms with E-state index < -0.39 is 11.9 Å². The van der Waals surface area contributed by atoms with Gasteiger partial charge in [-0.3, -0.25) is 14.9 Å². The fourth-order valence-corrected chi connectivity index (χ4v) is 1.27. The maximum Gasteiger partial charge on any atom is 0.236 e. The highest BCUT2D eigenvalue weighted by molar-refractivity contribution is 5.82. The summed E-state index contributed by atoms with van der Waals surface area (Å²) in [5, 5.41) is 2.77. The highest BCUT2D eigenvalue weighted by Gasteiger charge is 2.17. The zero-order chi connectivity index (χ0) is 11.3. The highest BCUT2D eigenvalue weighted by atomic mass is 16.5. The molecule has 1 saturated heterocycles. The summed E-state index contributed by atoms with van der Waals surface area (Å²) in [5.41, 5.74) is 5.05. The van der Waals surface area contributed by atoms with Gasteiger partial charge in [-0.15, -0.1) is 0 Å². The van der Waals surface area contributed by atoms with E-state index in [1.54, 1.807) is 11.8 Å². The van der Waals surface area contributed by atoms with Gasteiger partial charge in [-0.1, -0.05) is 0 Å². The van der Waals surface area contributed by atoms with Gasteiger partial charge in [-0.25, -0.2) is 0 Å². The predicted octanol–water partition coefficient (Wildman–Crippen LogP) is -1.69. The van der Waals surface area contributed by atoms with Crippen LogP contribution < -0.4 is 11.1 Å². The van der Waals surface area contributed by atoms with Crippen molar-refractivity contribution in [2.75, 3.05) is 32.8 Å². The van der Waals surface area contributed by atoms with Crippen LogP contribution in [0.4, 0.5) is 0 Å². The fourth-order valence-electron chi connectivity index (χ4n) is 1.27. The Kier molecular flexibility index (Phi) is 4.51. The van der Waals surface area contributed by atoms with Crippen molar-refractivity contribution in [3.8, 4) is 0 Å². The van der Waals surface area contributed by atoms with Crippen LogP contribution in [0.2, 0.25) is 0 Å². The molecule has 0 saturated carbocycles. The first-order chi connectivity index (χ1) is 7.11. The first-order valence-corrected chi connectivity index (χ1v) is 4.99. The van der Waals surface area contributed by atoms with Crippen LogP contribution in [-0.4, -0.2) is 55.6 Å².